The molecular formula is C11H15BrN2O. The summed E-state index contributed by atoms with van der Waals surface area (Å²) in [5.74, 6) is -0.0463. The van der Waals surface area contributed by atoms with Crippen LogP contribution in [-0.2, 0) is 0 Å². The Morgan fingerprint density at radius 3 is 2.53 bits per heavy atom. The molecule has 0 unspecified atom stereocenters. The molecule has 0 aliphatic heterocycles. The van der Waals surface area contributed by atoms with Gasteiger partial charge >= 0.3 is 0 Å². The third kappa shape index (κ3) is 2.72. The molecule has 2 N–H and O–H groups in total. The van der Waals surface area contributed by atoms with E-state index in [1.165, 1.54) is 0 Å². The van der Waals surface area contributed by atoms with Crippen LogP contribution in [0.25, 0.3) is 0 Å². The van der Waals surface area contributed by atoms with Crippen LogP contribution in [0, 0.1) is 0 Å². The summed E-state index contributed by atoms with van der Waals surface area (Å²) < 4.78 is 0.878. The highest BCUT2D eigenvalue weighted by atomic mass is 79.9. The van der Waals surface area contributed by atoms with E-state index in [0.717, 1.165) is 4.47 Å². The van der Waals surface area contributed by atoms with Crippen LogP contribution >= 0.6 is 15.9 Å². The van der Waals surface area contributed by atoms with Crippen molar-refractivity contribution < 1.29 is 4.79 Å². The first kappa shape index (κ1) is 12.0. The van der Waals surface area contributed by atoms with Gasteiger partial charge < -0.3 is 10.6 Å². The van der Waals surface area contributed by atoms with E-state index in [1.807, 2.05) is 19.9 Å². The third-order valence-corrected chi connectivity index (χ3v) is 2.83. The van der Waals surface area contributed by atoms with E-state index in [4.69, 9.17) is 5.73 Å². The summed E-state index contributed by atoms with van der Waals surface area (Å²) in [4.78, 5) is 13.6. The number of nitrogens with two attached hydrogens (primary N) is 1. The summed E-state index contributed by atoms with van der Waals surface area (Å²) in [6, 6.07) is 5.46. The normalized spacial score (nSPS) is 10.5. The first-order valence-electron chi connectivity index (χ1n) is 4.75. The molecule has 0 fully saturated rings. The van der Waals surface area contributed by atoms with Gasteiger partial charge in [0.15, 0.2) is 0 Å². The second-order valence-corrected chi connectivity index (χ2v) is 4.66. The fraction of sp³-hybridized carbons (Fsp3) is 0.364. The van der Waals surface area contributed by atoms with E-state index >= 15 is 0 Å². The van der Waals surface area contributed by atoms with Gasteiger partial charge in [0.05, 0.1) is 5.56 Å². The van der Waals surface area contributed by atoms with E-state index in [1.54, 1.807) is 24.1 Å². The van der Waals surface area contributed by atoms with E-state index in [9.17, 15) is 4.79 Å². The molecule has 0 spiro atoms. The van der Waals surface area contributed by atoms with Gasteiger partial charge in [0, 0.05) is 23.2 Å². The van der Waals surface area contributed by atoms with Crippen molar-refractivity contribution in [3.05, 3.63) is 28.2 Å². The Hall–Kier alpha value is -1.03. The maximum Gasteiger partial charge on any atom is 0.255 e. The number of benzene rings is 1. The number of halogens is 1. The minimum absolute atomic E-state index is 0.0463. The average molecular weight is 271 g/mol. The lowest BCUT2D eigenvalue weighted by molar-refractivity contribution is 0.0756. The Labute approximate surface area is 98.4 Å². The Bertz CT molecular complexity index is 377. The number of nitrogen functional groups attached to an aromatic ring is 1. The zero-order valence-electron chi connectivity index (χ0n) is 9.12. The number of carbonyl (C=O) groups is 1. The van der Waals surface area contributed by atoms with Crippen LogP contribution < -0.4 is 5.73 Å². The molecular weight excluding hydrogens is 256 g/mol. The Morgan fingerprint density at radius 1 is 1.47 bits per heavy atom. The summed E-state index contributed by atoms with van der Waals surface area (Å²) in [7, 11) is 1.77. The molecule has 1 amide bonds. The van der Waals surface area contributed by atoms with Gasteiger partial charge in [-0.1, -0.05) is 15.9 Å². The van der Waals surface area contributed by atoms with Crippen molar-refractivity contribution in [2.75, 3.05) is 12.8 Å². The van der Waals surface area contributed by atoms with E-state index in [0.29, 0.717) is 11.3 Å². The molecule has 0 saturated carbocycles. The molecule has 0 heterocycles. The molecule has 0 aromatic heterocycles. The van der Waals surface area contributed by atoms with Crippen LogP contribution in [0.4, 0.5) is 5.69 Å². The number of rotatable bonds is 2. The van der Waals surface area contributed by atoms with Gasteiger partial charge in [0.1, 0.15) is 0 Å². The second kappa shape index (κ2) is 4.66. The zero-order chi connectivity index (χ0) is 11.6. The first-order valence-corrected chi connectivity index (χ1v) is 5.55. The summed E-state index contributed by atoms with van der Waals surface area (Å²) in [5, 5.41) is 0. The van der Waals surface area contributed by atoms with Crippen LogP contribution in [0.1, 0.15) is 24.2 Å². The number of anilines is 1. The number of hydrogen-bond acceptors (Lipinski definition) is 2. The SMILES string of the molecule is CC(C)N(C)C(=O)c1ccc(Br)cc1N. The molecule has 0 aliphatic rings. The van der Waals surface area contributed by atoms with Gasteiger partial charge in [-0.3, -0.25) is 4.79 Å². The molecule has 1 rings (SSSR count). The largest absolute Gasteiger partial charge is 0.398 e. The average Bonchev–Trinajstić information content (AvgIpc) is 2.15. The molecule has 1 aromatic rings. The van der Waals surface area contributed by atoms with Crippen molar-refractivity contribution in [1.82, 2.24) is 4.90 Å². The predicted octanol–water partition coefficient (Wildman–Crippen LogP) is 2.51. The fourth-order valence-corrected chi connectivity index (χ4v) is 1.53. The summed E-state index contributed by atoms with van der Waals surface area (Å²) in [6.07, 6.45) is 0. The second-order valence-electron chi connectivity index (χ2n) is 3.74. The molecule has 0 aliphatic carbocycles. The van der Waals surface area contributed by atoms with Crippen LogP contribution in [-0.4, -0.2) is 23.9 Å². The Morgan fingerprint density at radius 2 is 2.07 bits per heavy atom. The zero-order valence-corrected chi connectivity index (χ0v) is 10.7. The topological polar surface area (TPSA) is 46.3 Å². The highest BCUT2D eigenvalue weighted by Gasteiger charge is 2.16. The van der Waals surface area contributed by atoms with Crippen molar-refractivity contribution in [3.63, 3.8) is 0 Å². The highest BCUT2D eigenvalue weighted by molar-refractivity contribution is 9.10. The number of nitrogens with zero attached hydrogens (tertiary/aromatic N) is 1. The minimum Gasteiger partial charge on any atom is -0.398 e. The van der Waals surface area contributed by atoms with Gasteiger partial charge in [0.2, 0.25) is 0 Å². The molecule has 0 radical (unpaired) electrons. The predicted molar refractivity (Wildman–Crippen MR) is 65.8 cm³/mol. The molecule has 0 atom stereocenters. The quantitative estimate of drug-likeness (QED) is 0.840. The molecule has 0 saturated heterocycles. The van der Waals surface area contributed by atoms with Crippen LogP contribution in [0.2, 0.25) is 0 Å². The van der Waals surface area contributed by atoms with Gasteiger partial charge in [-0.25, -0.2) is 0 Å². The van der Waals surface area contributed by atoms with Gasteiger partial charge in [-0.15, -0.1) is 0 Å². The van der Waals surface area contributed by atoms with Crippen LogP contribution in [0.3, 0.4) is 0 Å². The van der Waals surface area contributed by atoms with E-state index in [2.05, 4.69) is 15.9 Å². The Kier molecular flexibility index (Phi) is 3.74. The Balaban J connectivity index is 3.01. The maximum atomic E-state index is 11.9. The molecule has 3 nitrogen and oxygen atoms in total. The summed E-state index contributed by atoms with van der Waals surface area (Å²) in [5.41, 5.74) is 6.83. The number of hydrogen-bond donors (Lipinski definition) is 1. The fourth-order valence-electron chi connectivity index (χ4n) is 1.15. The monoisotopic (exact) mass is 270 g/mol. The smallest absolute Gasteiger partial charge is 0.255 e. The number of carbonyl (C=O) groups excluding carboxylic acids is 1. The van der Waals surface area contributed by atoms with Crippen molar-refractivity contribution in [2.45, 2.75) is 19.9 Å². The molecule has 15 heavy (non-hydrogen) atoms. The molecule has 0 bridgehead atoms. The van der Waals surface area contributed by atoms with Crippen molar-refractivity contribution in [3.8, 4) is 0 Å². The van der Waals surface area contributed by atoms with Gasteiger partial charge in [-0.2, -0.15) is 0 Å². The lowest BCUT2D eigenvalue weighted by atomic mass is 10.1. The van der Waals surface area contributed by atoms with Gasteiger partial charge in [0.25, 0.3) is 5.91 Å². The molecule has 4 heteroatoms. The van der Waals surface area contributed by atoms with Gasteiger partial charge in [-0.05, 0) is 32.0 Å². The van der Waals surface area contributed by atoms with E-state index in [-0.39, 0.29) is 11.9 Å². The highest BCUT2D eigenvalue weighted by Crippen LogP contribution is 2.20. The molecule has 1 aromatic carbocycles. The van der Waals surface area contributed by atoms with Crippen molar-refractivity contribution >= 4 is 27.5 Å². The third-order valence-electron chi connectivity index (χ3n) is 2.34. The van der Waals surface area contributed by atoms with Crippen molar-refractivity contribution in [1.29, 1.82) is 0 Å². The molecule has 82 valence electrons. The van der Waals surface area contributed by atoms with Crippen LogP contribution in [0.5, 0.6) is 0 Å². The van der Waals surface area contributed by atoms with Crippen molar-refractivity contribution in [2.24, 2.45) is 0 Å². The number of amides is 1. The maximum absolute atomic E-state index is 11.9. The summed E-state index contributed by atoms with van der Waals surface area (Å²) >= 11 is 3.31. The lowest BCUT2D eigenvalue weighted by Crippen LogP contribution is -2.33. The first-order chi connectivity index (χ1) is 6.93. The lowest BCUT2D eigenvalue weighted by Gasteiger charge is -2.22. The minimum atomic E-state index is -0.0463. The van der Waals surface area contributed by atoms with Crippen LogP contribution in [0.15, 0.2) is 22.7 Å². The summed E-state index contributed by atoms with van der Waals surface area (Å²) in [6.45, 7) is 3.93. The standard InChI is InChI=1S/C11H15BrN2O/c1-7(2)14(3)11(15)9-5-4-8(12)6-10(9)13/h4-7H,13H2,1-3H3. The van der Waals surface area contributed by atoms with E-state index < -0.39 is 0 Å².